The molecule has 3 nitrogen and oxygen atoms in total. The first kappa shape index (κ1) is 13.9. The van der Waals surface area contributed by atoms with Crippen LogP contribution in [0.4, 0.5) is 13.6 Å². The van der Waals surface area contributed by atoms with E-state index in [4.69, 9.17) is 0 Å². The van der Waals surface area contributed by atoms with Crippen LogP contribution in [0.5, 0.6) is 0 Å². The second-order valence-corrected chi connectivity index (χ2v) is 5.65. The third-order valence-corrected chi connectivity index (χ3v) is 4.19. The van der Waals surface area contributed by atoms with Crippen molar-refractivity contribution in [2.24, 2.45) is 0 Å². The van der Waals surface area contributed by atoms with Crippen molar-refractivity contribution in [3.05, 3.63) is 60.2 Å². The van der Waals surface area contributed by atoms with Gasteiger partial charge < -0.3 is 10.1 Å². The van der Waals surface area contributed by atoms with Crippen LogP contribution in [0.2, 0.25) is 0 Å². The van der Waals surface area contributed by atoms with Crippen molar-refractivity contribution in [1.82, 2.24) is 5.32 Å². The van der Waals surface area contributed by atoms with Gasteiger partial charge in [0.05, 0.1) is 0 Å². The first-order valence-electron chi connectivity index (χ1n) is 7.28. The quantitative estimate of drug-likeness (QED) is 0.676. The lowest BCUT2D eigenvalue weighted by Crippen LogP contribution is -2.49. The lowest BCUT2D eigenvalue weighted by atomic mass is 9.90. The molecule has 0 aromatic heterocycles. The fraction of sp³-hybridized carbons (Fsp3) is 0.167. The van der Waals surface area contributed by atoms with Gasteiger partial charge >= 0.3 is 12.0 Å². The summed E-state index contributed by atoms with van der Waals surface area (Å²) in [6.07, 6.45) is -0.821. The first-order chi connectivity index (χ1) is 11.1. The molecule has 3 aromatic rings. The van der Waals surface area contributed by atoms with Crippen molar-refractivity contribution in [3.63, 3.8) is 0 Å². The molecule has 0 spiro atoms. The molecule has 1 aliphatic heterocycles. The van der Waals surface area contributed by atoms with Crippen LogP contribution in [0.1, 0.15) is 11.6 Å². The Morgan fingerprint density at radius 3 is 2.43 bits per heavy atom. The van der Waals surface area contributed by atoms with Crippen molar-refractivity contribution < 1.29 is 18.3 Å². The molecule has 5 heteroatoms. The highest BCUT2D eigenvalue weighted by molar-refractivity contribution is 6.09. The number of hydrogen-bond acceptors (Lipinski definition) is 2. The Labute approximate surface area is 130 Å². The maximum atomic E-state index is 14.3. The number of cyclic esters (lactones) is 1. The number of amides is 1. The average Bonchev–Trinajstić information content (AvgIpc) is 2.56. The summed E-state index contributed by atoms with van der Waals surface area (Å²) in [5.74, 6) is -3.17. The number of fused-ring (bicyclic) bond motifs is 3. The zero-order valence-electron chi connectivity index (χ0n) is 12.1. The highest BCUT2D eigenvalue weighted by Crippen LogP contribution is 2.40. The maximum Gasteiger partial charge on any atom is 0.408 e. The Bertz CT molecular complexity index is 923. The van der Waals surface area contributed by atoms with Gasteiger partial charge in [0.15, 0.2) is 6.61 Å². The molecule has 0 bridgehead atoms. The molecule has 0 aliphatic carbocycles. The summed E-state index contributed by atoms with van der Waals surface area (Å²) in [4.78, 5) is 11.5. The summed E-state index contributed by atoms with van der Waals surface area (Å²) >= 11 is 0. The smallest absolute Gasteiger partial charge is 0.408 e. The average molecular weight is 313 g/mol. The van der Waals surface area contributed by atoms with Crippen molar-refractivity contribution >= 4 is 27.6 Å². The van der Waals surface area contributed by atoms with E-state index in [0.29, 0.717) is 10.9 Å². The van der Waals surface area contributed by atoms with Gasteiger partial charge in [0.1, 0.15) is 6.04 Å². The van der Waals surface area contributed by atoms with E-state index in [1.54, 1.807) is 18.2 Å². The van der Waals surface area contributed by atoms with E-state index in [-0.39, 0.29) is 0 Å². The van der Waals surface area contributed by atoms with Crippen LogP contribution in [0, 0.1) is 0 Å². The van der Waals surface area contributed by atoms with Crippen molar-refractivity contribution in [1.29, 1.82) is 0 Å². The molecular weight excluding hydrogens is 300 g/mol. The zero-order chi connectivity index (χ0) is 16.0. The van der Waals surface area contributed by atoms with E-state index in [1.165, 1.54) is 0 Å². The minimum absolute atomic E-state index is 0.404. The topological polar surface area (TPSA) is 38.3 Å². The van der Waals surface area contributed by atoms with Crippen LogP contribution in [0.15, 0.2) is 54.6 Å². The predicted octanol–water partition coefficient (Wildman–Crippen LogP) is 4.41. The molecular formula is C18H13F2NO2. The SMILES string of the molecule is O=C1N[C@H](c2cc3ccccc3c3ccccc23)C(F)(F)CO1. The van der Waals surface area contributed by atoms with Gasteiger partial charge in [0.25, 0.3) is 0 Å². The van der Waals surface area contributed by atoms with E-state index in [1.807, 2.05) is 36.4 Å². The second kappa shape index (κ2) is 4.91. The largest absolute Gasteiger partial charge is 0.443 e. The number of hydrogen-bond donors (Lipinski definition) is 1. The monoisotopic (exact) mass is 313 g/mol. The standard InChI is InChI=1S/C18H13F2NO2/c19-18(20)10-23-17(22)21-16(18)15-9-11-5-1-2-6-12(11)13-7-3-4-8-14(13)15/h1-9,16H,10H2,(H,21,22)/t16-/m1/s1. The number of ether oxygens (including phenoxy) is 1. The Balaban J connectivity index is 2.03. The molecule has 4 rings (SSSR count). The fourth-order valence-corrected chi connectivity index (χ4v) is 3.14. The van der Waals surface area contributed by atoms with E-state index in [2.05, 4.69) is 10.1 Å². The van der Waals surface area contributed by atoms with Gasteiger partial charge in [0, 0.05) is 0 Å². The van der Waals surface area contributed by atoms with E-state index >= 15 is 0 Å². The van der Waals surface area contributed by atoms with E-state index < -0.39 is 24.7 Å². The first-order valence-corrected chi connectivity index (χ1v) is 7.28. The molecule has 1 fully saturated rings. The Morgan fingerprint density at radius 2 is 1.65 bits per heavy atom. The molecule has 0 unspecified atom stereocenters. The van der Waals surface area contributed by atoms with Gasteiger partial charge in [-0.05, 0) is 33.2 Å². The van der Waals surface area contributed by atoms with Gasteiger partial charge in [-0.3, -0.25) is 0 Å². The third-order valence-electron chi connectivity index (χ3n) is 4.19. The van der Waals surface area contributed by atoms with Crippen molar-refractivity contribution in [2.75, 3.05) is 6.61 Å². The molecule has 0 saturated carbocycles. The van der Waals surface area contributed by atoms with Crippen LogP contribution in [-0.4, -0.2) is 18.6 Å². The van der Waals surface area contributed by atoms with Crippen LogP contribution in [-0.2, 0) is 4.74 Å². The molecule has 1 aliphatic rings. The number of rotatable bonds is 1. The van der Waals surface area contributed by atoms with Crippen LogP contribution < -0.4 is 5.32 Å². The van der Waals surface area contributed by atoms with Crippen LogP contribution in [0.3, 0.4) is 0 Å². The number of benzene rings is 3. The van der Waals surface area contributed by atoms with Gasteiger partial charge in [-0.2, -0.15) is 0 Å². The number of alkyl carbamates (subject to hydrolysis) is 1. The lowest BCUT2D eigenvalue weighted by molar-refractivity contribution is -0.103. The molecule has 1 heterocycles. The number of carbonyl (C=O) groups is 1. The molecule has 23 heavy (non-hydrogen) atoms. The summed E-state index contributed by atoms with van der Waals surface area (Å²) in [7, 11) is 0. The minimum Gasteiger partial charge on any atom is -0.443 e. The summed E-state index contributed by atoms with van der Waals surface area (Å²) in [5, 5.41) is 5.71. The second-order valence-electron chi connectivity index (χ2n) is 5.65. The van der Waals surface area contributed by atoms with Gasteiger partial charge in [-0.1, -0.05) is 48.5 Å². The van der Waals surface area contributed by atoms with Gasteiger partial charge in [-0.15, -0.1) is 0 Å². The Kier molecular flexibility index (Phi) is 2.98. The van der Waals surface area contributed by atoms with E-state index in [9.17, 15) is 13.6 Å². The number of halogens is 2. The number of nitrogens with one attached hydrogen (secondary N) is 1. The lowest BCUT2D eigenvalue weighted by Gasteiger charge is -2.32. The number of alkyl halides is 2. The van der Waals surface area contributed by atoms with Crippen LogP contribution >= 0.6 is 0 Å². The maximum absolute atomic E-state index is 14.3. The van der Waals surface area contributed by atoms with E-state index in [0.717, 1.165) is 16.2 Å². The summed E-state index contributed by atoms with van der Waals surface area (Å²) in [5.41, 5.74) is 0.404. The highest BCUT2D eigenvalue weighted by atomic mass is 19.3. The highest BCUT2D eigenvalue weighted by Gasteiger charge is 2.47. The van der Waals surface area contributed by atoms with Gasteiger partial charge in [0.2, 0.25) is 0 Å². The number of carbonyl (C=O) groups excluding carboxylic acids is 1. The Hall–Kier alpha value is -2.69. The van der Waals surface area contributed by atoms with Gasteiger partial charge in [-0.25, -0.2) is 13.6 Å². The Morgan fingerprint density at radius 1 is 1.00 bits per heavy atom. The summed E-state index contributed by atoms with van der Waals surface area (Å²) in [6.45, 7) is -0.912. The molecule has 3 aromatic carbocycles. The molecule has 1 amide bonds. The van der Waals surface area contributed by atoms with Crippen LogP contribution in [0.25, 0.3) is 21.5 Å². The molecule has 0 radical (unpaired) electrons. The molecule has 1 N–H and O–H groups in total. The van der Waals surface area contributed by atoms with Crippen molar-refractivity contribution in [2.45, 2.75) is 12.0 Å². The molecule has 1 saturated heterocycles. The zero-order valence-corrected chi connectivity index (χ0v) is 12.1. The molecule has 1 atom stereocenters. The third kappa shape index (κ3) is 2.20. The summed E-state index contributed by atoms with van der Waals surface area (Å²) < 4.78 is 33.1. The fourth-order valence-electron chi connectivity index (χ4n) is 3.14. The summed E-state index contributed by atoms with van der Waals surface area (Å²) in [6, 6.07) is 15.3. The molecule has 116 valence electrons. The predicted molar refractivity (Wildman–Crippen MR) is 83.6 cm³/mol. The van der Waals surface area contributed by atoms with Crippen molar-refractivity contribution in [3.8, 4) is 0 Å². The normalized spacial score (nSPS) is 20.3. The minimum atomic E-state index is -3.17.